The minimum Gasteiger partial charge on any atom is -0.456 e. The second kappa shape index (κ2) is 11.0. The first-order chi connectivity index (χ1) is 17.9. The van der Waals surface area contributed by atoms with Gasteiger partial charge in [0, 0.05) is 34.1 Å². The number of esters is 1. The molecule has 1 aromatic heterocycles. The third-order valence-electron chi connectivity index (χ3n) is 6.10. The molecule has 3 aromatic rings. The number of pyridine rings is 1. The predicted molar refractivity (Wildman–Crippen MR) is 147 cm³/mol. The Morgan fingerprint density at radius 1 is 1.11 bits per heavy atom. The van der Waals surface area contributed by atoms with E-state index in [-0.39, 0.29) is 10.9 Å². The predicted octanol–water partition coefficient (Wildman–Crippen LogP) is 6.63. The van der Waals surface area contributed by atoms with Crippen molar-refractivity contribution in [3.8, 4) is 17.2 Å². The summed E-state index contributed by atoms with van der Waals surface area (Å²) in [6, 6.07) is 13.8. The van der Waals surface area contributed by atoms with E-state index in [2.05, 4.69) is 11.4 Å². The van der Waals surface area contributed by atoms with Crippen LogP contribution in [0.15, 0.2) is 59.5 Å². The molecule has 4 rings (SSSR count). The quantitative estimate of drug-likeness (QED) is 0.332. The summed E-state index contributed by atoms with van der Waals surface area (Å²) in [4.78, 5) is 38.9. The first kappa shape index (κ1) is 27.4. The lowest BCUT2D eigenvalue weighted by Gasteiger charge is -2.21. The largest absolute Gasteiger partial charge is 0.456 e. The zero-order valence-electron chi connectivity index (χ0n) is 21.3. The van der Waals surface area contributed by atoms with E-state index in [1.54, 1.807) is 63.2 Å². The van der Waals surface area contributed by atoms with Crippen LogP contribution in [0, 0.1) is 17.2 Å². The number of nitrogens with one attached hydrogen (secondary N) is 1. The van der Waals surface area contributed by atoms with Crippen molar-refractivity contribution in [1.82, 2.24) is 4.57 Å². The smallest absolute Gasteiger partial charge is 0.338 e. The molecule has 7 nitrogen and oxygen atoms in total. The van der Waals surface area contributed by atoms with Crippen molar-refractivity contribution in [3.05, 3.63) is 86.3 Å². The zero-order chi connectivity index (χ0) is 27.6. The average molecular weight is 552 g/mol. The number of nitrogens with zero attached hydrogens (tertiary/aromatic N) is 2. The number of rotatable bonds is 7. The third kappa shape index (κ3) is 6.63. The van der Waals surface area contributed by atoms with E-state index in [1.165, 1.54) is 16.8 Å². The molecule has 196 valence electrons. The van der Waals surface area contributed by atoms with E-state index in [1.807, 2.05) is 0 Å². The van der Waals surface area contributed by atoms with Crippen LogP contribution in [-0.4, -0.2) is 22.0 Å². The molecule has 0 saturated heterocycles. The average Bonchev–Trinajstić information content (AvgIpc) is 3.67. The van der Waals surface area contributed by atoms with Gasteiger partial charge in [0.2, 0.25) is 5.91 Å². The third-order valence-corrected chi connectivity index (χ3v) is 6.64. The monoisotopic (exact) mass is 551 g/mol. The Bertz CT molecular complexity index is 1480. The molecular weight excluding hydrogens is 525 g/mol. The molecule has 1 aliphatic rings. The van der Waals surface area contributed by atoms with Crippen LogP contribution in [0.1, 0.15) is 62.0 Å². The lowest BCUT2D eigenvalue weighted by Crippen LogP contribution is -2.33. The van der Waals surface area contributed by atoms with Gasteiger partial charge in [-0.2, -0.15) is 5.26 Å². The van der Waals surface area contributed by atoms with Crippen LogP contribution in [0.5, 0.6) is 0 Å². The number of amides is 1. The van der Waals surface area contributed by atoms with E-state index in [9.17, 15) is 19.6 Å². The number of hydrogen-bond donors (Lipinski definition) is 1. The molecule has 0 bridgehead atoms. The minimum absolute atomic E-state index is 0.221. The van der Waals surface area contributed by atoms with Crippen LogP contribution in [0.25, 0.3) is 11.1 Å². The van der Waals surface area contributed by atoms with Crippen LogP contribution in [0.4, 0.5) is 5.69 Å². The summed E-state index contributed by atoms with van der Waals surface area (Å²) in [5, 5.41) is 13.0. The van der Waals surface area contributed by atoms with Gasteiger partial charge < -0.3 is 14.6 Å². The van der Waals surface area contributed by atoms with Crippen molar-refractivity contribution in [2.24, 2.45) is 5.92 Å². The van der Waals surface area contributed by atoms with E-state index in [4.69, 9.17) is 27.9 Å². The highest BCUT2D eigenvalue weighted by Crippen LogP contribution is 2.38. The highest BCUT2D eigenvalue weighted by Gasteiger charge is 2.31. The van der Waals surface area contributed by atoms with Gasteiger partial charge in [-0.05, 0) is 75.6 Å². The van der Waals surface area contributed by atoms with Gasteiger partial charge in [-0.3, -0.25) is 9.59 Å². The fourth-order valence-electron chi connectivity index (χ4n) is 4.08. The van der Waals surface area contributed by atoms with Crippen LogP contribution < -0.4 is 10.9 Å². The Morgan fingerprint density at radius 2 is 1.79 bits per heavy atom. The maximum Gasteiger partial charge on any atom is 0.338 e. The van der Waals surface area contributed by atoms with Gasteiger partial charge in [-0.15, -0.1) is 0 Å². The Kier molecular flexibility index (Phi) is 7.96. The zero-order valence-corrected chi connectivity index (χ0v) is 22.8. The lowest BCUT2D eigenvalue weighted by molar-refractivity contribution is -0.119. The number of anilines is 1. The molecule has 1 N–H and O–H groups in total. The van der Waals surface area contributed by atoms with Crippen molar-refractivity contribution in [1.29, 1.82) is 5.26 Å². The SMILES string of the molecule is CC(C)(C)OC(=O)c1ccc(NC(=O)C(CC2CC2)n2cc(Cl)c(-c3cc(Cl)ccc3C#N)cc2=O)cc1. The normalized spacial score (nSPS) is 13.9. The molecule has 0 aliphatic heterocycles. The van der Waals surface area contributed by atoms with Gasteiger partial charge in [0.25, 0.3) is 5.56 Å². The molecule has 0 spiro atoms. The minimum atomic E-state index is -0.790. The van der Waals surface area contributed by atoms with Gasteiger partial charge in [-0.25, -0.2) is 4.79 Å². The summed E-state index contributed by atoms with van der Waals surface area (Å²) in [7, 11) is 0. The summed E-state index contributed by atoms with van der Waals surface area (Å²) >= 11 is 12.7. The fraction of sp³-hybridized carbons (Fsp3) is 0.310. The molecule has 0 radical (unpaired) electrons. The first-order valence-electron chi connectivity index (χ1n) is 12.2. The number of benzene rings is 2. The number of hydrogen-bond acceptors (Lipinski definition) is 5. The number of ether oxygens (including phenoxy) is 1. The number of carbonyl (C=O) groups excluding carboxylic acids is 2. The Hall–Kier alpha value is -3.60. The molecule has 38 heavy (non-hydrogen) atoms. The maximum atomic E-state index is 13.4. The summed E-state index contributed by atoms with van der Waals surface area (Å²) in [5.41, 5.74) is 0.954. The van der Waals surface area contributed by atoms with Crippen molar-refractivity contribution < 1.29 is 14.3 Å². The Balaban J connectivity index is 1.60. The molecule has 1 aliphatic carbocycles. The molecule has 1 saturated carbocycles. The van der Waals surface area contributed by atoms with Crippen LogP contribution in [0.3, 0.4) is 0 Å². The fourth-order valence-corrected chi connectivity index (χ4v) is 4.51. The molecule has 1 unspecified atom stereocenters. The van der Waals surface area contributed by atoms with E-state index < -0.39 is 23.2 Å². The number of halogens is 2. The van der Waals surface area contributed by atoms with Crippen molar-refractivity contribution in [2.45, 2.75) is 51.7 Å². The summed E-state index contributed by atoms with van der Waals surface area (Å²) < 4.78 is 6.71. The number of nitriles is 1. The van der Waals surface area contributed by atoms with Crippen LogP contribution >= 0.6 is 23.2 Å². The van der Waals surface area contributed by atoms with Gasteiger partial charge in [0.1, 0.15) is 11.6 Å². The van der Waals surface area contributed by atoms with Gasteiger partial charge in [-0.1, -0.05) is 36.0 Å². The Labute approximate surface area is 230 Å². The van der Waals surface area contributed by atoms with Crippen molar-refractivity contribution in [3.63, 3.8) is 0 Å². The molecular formula is C29H27Cl2N3O4. The lowest BCUT2D eigenvalue weighted by atomic mass is 10.0. The second-order valence-electron chi connectivity index (χ2n) is 10.3. The molecule has 1 atom stereocenters. The van der Waals surface area contributed by atoms with Crippen molar-refractivity contribution in [2.75, 3.05) is 5.32 Å². The number of carbonyl (C=O) groups is 2. The van der Waals surface area contributed by atoms with Gasteiger partial charge in [0.15, 0.2) is 0 Å². The van der Waals surface area contributed by atoms with E-state index >= 15 is 0 Å². The van der Waals surface area contributed by atoms with E-state index in [0.717, 1.165) is 12.8 Å². The van der Waals surface area contributed by atoms with Crippen LogP contribution in [0.2, 0.25) is 10.0 Å². The van der Waals surface area contributed by atoms with Gasteiger partial charge >= 0.3 is 5.97 Å². The highest BCUT2D eigenvalue weighted by atomic mass is 35.5. The summed E-state index contributed by atoms with van der Waals surface area (Å²) in [5.74, 6) is -0.486. The Morgan fingerprint density at radius 3 is 2.39 bits per heavy atom. The first-order valence-corrected chi connectivity index (χ1v) is 13.0. The molecule has 1 amide bonds. The van der Waals surface area contributed by atoms with Crippen molar-refractivity contribution >= 4 is 40.8 Å². The second-order valence-corrected chi connectivity index (χ2v) is 11.2. The summed E-state index contributed by atoms with van der Waals surface area (Å²) in [6.45, 7) is 5.37. The molecule has 1 fully saturated rings. The summed E-state index contributed by atoms with van der Waals surface area (Å²) in [6.07, 6.45) is 3.91. The topological polar surface area (TPSA) is 101 Å². The molecule has 1 heterocycles. The molecule has 2 aromatic carbocycles. The standard InChI is InChI=1S/C29H27Cl2N3O4/c1-29(2,3)38-28(37)18-7-10-21(11-8-18)33-27(36)25(12-17-4-5-17)34-16-24(31)23(14-26(34)35)22-13-20(30)9-6-19(22)15-32/h6-11,13-14,16-17,25H,4-5,12H2,1-3H3,(H,33,36). The van der Waals surface area contributed by atoms with E-state index in [0.29, 0.717) is 45.3 Å². The van der Waals surface area contributed by atoms with Crippen LogP contribution in [-0.2, 0) is 9.53 Å². The highest BCUT2D eigenvalue weighted by molar-refractivity contribution is 6.34. The van der Waals surface area contributed by atoms with Gasteiger partial charge in [0.05, 0.1) is 22.2 Å². The maximum absolute atomic E-state index is 13.4. The number of aromatic nitrogens is 1. The molecule has 9 heteroatoms.